The Bertz CT molecular complexity index is 586. The molecule has 2 rings (SSSR count). The van der Waals surface area contributed by atoms with Crippen LogP contribution in [0.15, 0.2) is 36.5 Å². The van der Waals surface area contributed by atoms with Gasteiger partial charge in [0.15, 0.2) is 0 Å². The predicted octanol–water partition coefficient (Wildman–Crippen LogP) is 2.45. The molecule has 4 nitrogen and oxygen atoms in total. The molecule has 1 N–H and O–H groups in total. The van der Waals surface area contributed by atoms with Gasteiger partial charge in [0.05, 0.1) is 12.2 Å². The van der Waals surface area contributed by atoms with E-state index in [0.717, 1.165) is 11.3 Å². The Labute approximate surface area is 116 Å². The van der Waals surface area contributed by atoms with Crippen molar-refractivity contribution >= 4 is 17.5 Å². The van der Waals surface area contributed by atoms with E-state index in [0.29, 0.717) is 23.8 Å². The highest BCUT2D eigenvalue weighted by Crippen LogP contribution is 2.08. The summed E-state index contributed by atoms with van der Waals surface area (Å²) in [6, 6.07) is 9.03. The third-order valence-corrected chi connectivity index (χ3v) is 2.92. The van der Waals surface area contributed by atoms with E-state index in [1.807, 2.05) is 19.1 Å². The number of halogens is 1. The number of aryl methyl sites for hydroxylation is 1. The Hall–Kier alpha value is -1.94. The largest absolute Gasteiger partial charge is 0.346 e. The van der Waals surface area contributed by atoms with Crippen LogP contribution in [0.3, 0.4) is 0 Å². The summed E-state index contributed by atoms with van der Waals surface area (Å²) in [5, 5.41) is 2.82. The predicted molar refractivity (Wildman–Crippen MR) is 73.9 cm³/mol. The van der Waals surface area contributed by atoms with Crippen molar-refractivity contribution in [2.75, 3.05) is 0 Å². The quantitative estimate of drug-likeness (QED) is 0.872. The lowest BCUT2D eigenvalue weighted by Gasteiger charge is -2.06. The number of alkyl halides is 1. The summed E-state index contributed by atoms with van der Waals surface area (Å²) in [7, 11) is 0. The number of benzene rings is 1. The fourth-order valence-corrected chi connectivity index (χ4v) is 1.84. The van der Waals surface area contributed by atoms with Gasteiger partial charge in [-0.05, 0) is 30.7 Å². The van der Waals surface area contributed by atoms with Crippen LogP contribution in [0.1, 0.15) is 27.4 Å². The van der Waals surface area contributed by atoms with Crippen molar-refractivity contribution < 1.29 is 4.79 Å². The maximum atomic E-state index is 12.0. The Morgan fingerprint density at radius 2 is 2.21 bits per heavy atom. The Balaban J connectivity index is 2.01. The van der Waals surface area contributed by atoms with Gasteiger partial charge in [-0.25, -0.2) is 9.97 Å². The normalized spacial score (nSPS) is 10.2. The topological polar surface area (TPSA) is 54.9 Å². The second kappa shape index (κ2) is 6.29. The maximum absolute atomic E-state index is 12.0. The number of amides is 1. The molecule has 0 saturated heterocycles. The molecule has 0 saturated carbocycles. The molecule has 1 aromatic carbocycles. The minimum Gasteiger partial charge on any atom is -0.346 e. The molecular weight excluding hydrogens is 262 g/mol. The van der Waals surface area contributed by atoms with Crippen LogP contribution in [0.25, 0.3) is 0 Å². The molecule has 1 heterocycles. The lowest BCUT2D eigenvalue weighted by atomic mass is 10.1. The van der Waals surface area contributed by atoms with E-state index < -0.39 is 0 Å². The third kappa shape index (κ3) is 3.76. The second-order valence-electron chi connectivity index (χ2n) is 4.11. The number of rotatable bonds is 4. The van der Waals surface area contributed by atoms with E-state index in [-0.39, 0.29) is 5.91 Å². The van der Waals surface area contributed by atoms with Crippen LogP contribution in [0.4, 0.5) is 0 Å². The number of nitrogens with zero attached hydrogens (tertiary/aromatic N) is 2. The van der Waals surface area contributed by atoms with Crippen molar-refractivity contribution in [3.8, 4) is 0 Å². The zero-order valence-electron chi connectivity index (χ0n) is 10.6. The molecule has 98 valence electrons. The number of hydrogen-bond acceptors (Lipinski definition) is 3. The number of carbonyl (C=O) groups excluding carboxylic acids is 1. The average Bonchev–Trinajstić information content (AvgIpc) is 2.45. The molecule has 0 radical (unpaired) electrons. The number of nitrogens with one attached hydrogen (secondary N) is 1. The lowest BCUT2D eigenvalue weighted by Crippen LogP contribution is -2.23. The molecule has 0 atom stereocenters. The van der Waals surface area contributed by atoms with Crippen molar-refractivity contribution in [3.63, 3.8) is 0 Å². The van der Waals surface area contributed by atoms with E-state index in [1.54, 1.807) is 24.4 Å². The van der Waals surface area contributed by atoms with Crippen LogP contribution in [0.5, 0.6) is 0 Å². The molecule has 1 amide bonds. The van der Waals surface area contributed by atoms with Crippen molar-refractivity contribution in [2.24, 2.45) is 0 Å². The van der Waals surface area contributed by atoms with E-state index in [4.69, 9.17) is 11.6 Å². The standard InChI is InChI=1S/C14H14ClN3O/c1-10-16-6-5-13(18-10)9-17-14(19)12-4-2-3-11(7-12)8-15/h2-7H,8-9H2,1H3,(H,17,19). The molecule has 0 aliphatic heterocycles. The minimum atomic E-state index is -0.136. The maximum Gasteiger partial charge on any atom is 0.251 e. The molecule has 0 spiro atoms. The van der Waals surface area contributed by atoms with E-state index in [2.05, 4.69) is 15.3 Å². The molecule has 0 aliphatic rings. The minimum absolute atomic E-state index is 0.136. The third-order valence-electron chi connectivity index (χ3n) is 2.61. The smallest absolute Gasteiger partial charge is 0.251 e. The number of carbonyl (C=O) groups is 1. The van der Waals surface area contributed by atoms with Gasteiger partial charge in [0.1, 0.15) is 5.82 Å². The molecule has 0 bridgehead atoms. The Kier molecular flexibility index (Phi) is 4.47. The first-order valence-electron chi connectivity index (χ1n) is 5.90. The monoisotopic (exact) mass is 275 g/mol. The average molecular weight is 276 g/mol. The van der Waals surface area contributed by atoms with E-state index in [1.165, 1.54) is 0 Å². The van der Waals surface area contributed by atoms with Gasteiger partial charge in [-0.3, -0.25) is 4.79 Å². The fraction of sp³-hybridized carbons (Fsp3) is 0.214. The van der Waals surface area contributed by atoms with Crippen molar-refractivity contribution in [3.05, 3.63) is 59.2 Å². The van der Waals surface area contributed by atoms with Crippen LogP contribution >= 0.6 is 11.6 Å². The molecular formula is C14H14ClN3O. The van der Waals surface area contributed by atoms with Crippen LogP contribution in [-0.4, -0.2) is 15.9 Å². The molecule has 0 unspecified atom stereocenters. The fourth-order valence-electron chi connectivity index (χ4n) is 1.67. The summed E-state index contributed by atoms with van der Waals surface area (Å²) in [5.74, 6) is 0.950. The van der Waals surface area contributed by atoms with Crippen molar-refractivity contribution in [2.45, 2.75) is 19.3 Å². The molecule has 1 aromatic heterocycles. The Morgan fingerprint density at radius 3 is 2.95 bits per heavy atom. The van der Waals surface area contributed by atoms with Crippen LogP contribution < -0.4 is 5.32 Å². The Morgan fingerprint density at radius 1 is 1.37 bits per heavy atom. The van der Waals surface area contributed by atoms with Gasteiger partial charge < -0.3 is 5.32 Å². The lowest BCUT2D eigenvalue weighted by molar-refractivity contribution is 0.0950. The summed E-state index contributed by atoms with van der Waals surface area (Å²) >= 11 is 5.75. The summed E-state index contributed by atoms with van der Waals surface area (Å²) < 4.78 is 0. The van der Waals surface area contributed by atoms with Crippen LogP contribution in [0, 0.1) is 6.92 Å². The first-order valence-corrected chi connectivity index (χ1v) is 6.44. The first-order chi connectivity index (χ1) is 9.19. The second-order valence-corrected chi connectivity index (χ2v) is 4.38. The van der Waals surface area contributed by atoms with Crippen molar-refractivity contribution in [1.82, 2.24) is 15.3 Å². The molecule has 5 heteroatoms. The van der Waals surface area contributed by atoms with E-state index >= 15 is 0 Å². The summed E-state index contributed by atoms with van der Waals surface area (Å²) in [4.78, 5) is 20.2. The van der Waals surface area contributed by atoms with Gasteiger partial charge in [-0.1, -0.05) is 12.1 Å². The highest BCUT2D eigenvalue weighted by molar-refractivity contribution is 6.17. The zero-order chi connectivity index (χ0) is 13.7. The van der Waals surface area contributed by atoms with E-state index in [9.17, 15) is 4.79 Å². The van der Waals surface area contributed by atoms with Gasteiger partial charge in [0, 0.05) is 17.6 Å². The molecule has 0 aliphatic carbocycles. The molecule has 19 heavy (non-hydrogen) atoms. The van der Waals surface area contributed by atoms with Gasteiger partial charge in [0.2, 0.25) is 0 Å². The zero-order valence-corrected chi connectivity index (χ0v) is 11.3. The summed E-state index contributed by atoms with van der Waals surface area (Å²) in [6.45, 7) is 2.20. The highest BCUT2D eigenvalue weighted by Gasteiger charge is 2.06. The summed E-state index contributed by atoms with van der Waals surface area (Å²) in [6.07, 6.45) is 1.68. The van der Waals surface area contributed by atoms with Crippen molar-refractivity contribution in [1.29, 1.82) is 0 Å². The van der Waals surface area contributed by atoms with Gasteiger partial charge >= 0.3 is 0 Å². The molecule has 2 aromatic rings. The number of hydrogen-bond donors (Lipinski definition) is 1. The SMILES string of the molecule is Cc1nccc(CNC(=O)c2cccc(CCl)c2)n1. The van der Waals surface area contributed by atoms with Crippen LogP contribution in [0.2, 0.25) is 0 Å². The van der Waals surface area contributed by atoms with Gasteiger partial charge in [-0.15, -0.1) is 11.6 Å². The highest BCUT2D eigenvalue weighted by atomic mass is 35.5. The van der Waals surface area contributed by atoms with Gasteiger partial charge in [0.25, 0.3) is 5.91 Å². The summed E-state index contributed by atoms with van der Waals surface area (Å²) in [5.41, 5.74) is 2.31. The first kappa shape index (κ1) is 13.5. The van der Waals surface area contributed by atoms with Crippen LogP contribution in [-0.2, 0) is 12.4 Å². The van der Waals surface area contributed by atoms with Gasteiger partial charge in [-0.2, -0.15) is 0 Å². The molecule has 0 fully saturated rings. The number of aromatic nitrogens is 2.